The Morgan fingerprint density at radius 2 is 1.90 bits per heavy atom. The van der Waals surface area contributed by atoms with Gasteiger partial charge < -0.3 is 15.5 Å². The molecule has 3 rings (SSSR count). The van der Waals surface area contributed by atoms with Crippen molar-refractivity contribution in [1.29, 1.82) is 0 Å². The van der Waals surface area contributed by atoms with Gasteiger partial charge in [-0.05, 0) is 62.6 Å². The number of aromatic hydroxyl groups is 1. The van der Waals surface area contributed by atoms with Crippen LogP contribution in [0.25, 0.3) is 0 Å². The van der Waals surface area contributed by atoms with Gasteiger partial charge in [-0.25, -0.2) is 0 Å². The number of nitrogens with one attached hydrogen (secondary N) is 1. The van der Waals surface area contributed by atoms with E-state index in [0.717, 1.165) is 38.0 Å². The number of benzene rings is 2. The fourth-order valence-electron chi connectivity index (χ4n) is 3.38. The Kier molecular flexibility index (Phi) is 6.58. The lowest BCUT2D eigenvalue weighted by Crippen LogP contribution is -2.44. The third kappa shape index (κ3) is 6.63. The van der Waals surface area contributed by atoms with Gasteiger partial charge in [-0.3, -0.25) is 9.69 Å². The number of hydrogen-bond acceptors (Lipinski definition) is 4. The van der Waals surface area contributed by atoms with Crippen LogP contribution in [0.3, 0.4) is 0 Å². The van der Waals surface area contributed by atoms with Crippen molar-refractivity contribution in [2.45, 2.75) is 44.9 Å². The van der Waals surface area contributed by atoms with E-state index in [1.54, 1.807) is 44.2 Å². The van der Waals surface area contributed by atoms with Crippen LogP contribution in [0.5, 0.6) is 5.75 Å². The summed E-state index contributed by atoms with van der Waals surface area (Å²) in [6.45, 7) is 5.86. The fourth-order valence-corrected chi connectivity index (χ4v) is 3.38. The van der Waals surface area contributed by atoms with Crippen molar-refractivity contribution in [3.8, 4) is 17.6 Å². The summed E-state index contributed by atoms with van der Waals surface area (Å²) in [7, 11) is 0. The second-order valence-electron chi connectivity index (χ2n) is 8.08. The first-order valence-corrected chi connectivity index (χ1v) is 9.95. The smallest absolute Gasteiger partial charge is 0.251 e. The summed E-state index contributed by atoms with van der Waals surface area (Å²) < 4.78 is 0. The Morgan fingerprint density at radius 1 is 1.17 bits per heavy atom. The number of amides is 1. The van der Waals surface area contributed by atoms with Gasteiger partial charge in [0.2, 0.25) is 0 Å². The normalized spacial score (nSPS) is 15.4. The molecule has 0 aliphatic carbocycles. The number of nitrogens with zero attached hydrogens (tertiary/aromatic N) is 1. The molecule has 3 N–H and O–H groups in total. The van der Waals surface area contributed by atoms with E-state index in [4.69, 9.17) is 0 Å². The van der Waals surface area contributed by atoms with Crippen molar-refractivity contribution >= 4 is 5.91 Å². The predicted molar refractivity (Wildman–Crippen MR) is 113 cm³/mol. The highest BCUT2D eigenvalue weighted by atomic mass is 16.3. The number of likely N-dealkylation sites (tertiary alicyclic amines) is 1. The van der Waals surface area contributed by atoms with Crippen LogP contribution in [0, 0.1) is 11.8 Å². The van der Waals surface area contributed by atoms with Gasteiger partial charge in [-0.2, -0.15) is 0 Å². The number of carbonyl (C=O) groups excluding carboxylic acids is 1. The zero-order valence-electron chi connectivity index (χ0n) is 17.0. The molecule has 0 spiro atoms. The van der Waals surface area contributed by atoms with E-state index in [1.807, 2.05) is 18.2 Å². The second-order valence-corrected chi connectivity index (χ2v) is 8.08. The number of aliphatic hydroxyl groups is 1. The molecule has 0 radical (unpaired) electrons. The third-order valence-electron chi connectivity index (χ3n) is 4.88. The summed E-state index contributed by atoms with van der Waals surface area (Å²) in [5.74, 6) is 5.88. The van der Waals surface area contributed by atoms with Crippen LogP contribution in [0.2, 0.25) is 0 Å². The maximum Gasteiger partial charge on any atom is 0.251 e. The van der Waals surface area contributed by atoms with Crippen molar-refractivity contribution in [2.24, 2.45) is 0 Å². The first-order valence-electron chi connectivity index (χ1n) is 9.95. The molecule has 1 aliphatic rings. The molecule has 0 atom stereocenters. The van der Waals surface area contributed by atoms with E-state index in [2.05, 4.69) is 22.1 Å². The molecule has 152 valence electrons. The van der Waals surface area contributed by atoms with Gasteiger partial charge in [0, 0.05) is 36.8 Å². The van der Waals surface area contributed by atoms with Crippen LogP contribution in [-0.4, -0.2) is 45.8 Å². The molecule has 0 bridgehead atoms. The van der Waals surface area contributed by atoms with Gasteiger partial charge in [-0.1, -0.05) is 30.0 Å². The summed E-state index contributed by atoms with van der Waals surface area (Å²) in [5.41, 5.74) is 1.32. The molecule has 2 aromatic carbocycles. The topological polar surface area (TPSA) is 72.8 Å². The summed E-state index contributed by atoms with van der Waals surface area (Å²) in [6.07, 6.45) is 1.78. The highest BCUT2D eigenvalue weighted by molar-refractivity contribution is 5.94. The summed E-state index contributed by atoms with van der Waals surface area (Å²) >= 11 is 0. The maximum atomic E-state index is 12.6. The van der Waals surface area contributed by atoms with E-state index in [9.17, 15) is 15.0 Å². The van der Waals surface area contributed by atoms with Crippen LogP contribution in [0.15, 0.2) is 48.5 Å². The Bertz CT molecular complexity index is 913. The lowest BCUT2D eigenvalue weighted by molar-refractivity contribution is 0.0908. The molecule has 2 aromatic rings. The number of hydrogen-bond donors (Lipinski definition) is 3. The Morgan fingerprint density at radius 3 is 2.59 bits per heavy atom. The molecule has 1 aliphatic heterocycles. The number of phenolic OH excluding ortho intramolecular Hbond substituents is 1. The molecular weight excluding hydrogens is 364 g/mol. The first kappa shape index (κ1) is 20.9. The van der Waals surface area contributed by atoms with E-state index in [-0.39, 0.29) is 11.9 Å². The molecule has 5 heteroatoms. The minimum absolute atomic E-state index is 0.0941. The third-order valence-corrected chi connectivity index (χ3v) is 4.88. The summed E-state index contributed by atoms with van der Waals surface area (Å²) in [4.78, 5) is 15.0. The maximum absolute atomic E-state index is 12.6. The van der Waals surface area contributed by atoms with Gasteiger partial charge in [0.15, 0.2) is 0 Å². The number of carbonyl (C=O) groups is 1. The summed E-state index contributed by atoms with van der Waals surface area (Å²) in [5, 5.41) is 22.5. The van der Waals surface area contributed by atoms with Gasteiger partial charge in [0.05, 0.1) is 0 Å². The van der Waals surface area contributed by atoms with Crippen molar-refractivity contribution in [3.05, 3.63) is 65.2 Å². The number of rotatable bonds is 4. The van der Waals surface area contributed by atoms with Gasteiger partial charge in [-0.15, -0.1) is 0 Å². The van der Waals surface area contributed by atoms with E-state index >= 15 is 0 Å². The van der Waals surface area contributed by atoms with Gasteiger partial charge >= 0.3 is 0 Å². The average Bonchev–Trinajstić information content (AvgIpc) is 2.68. The highest BCUT2D eigenvalue weighted by Gasteiger charge is 2.21. The highest BCUT2D eigenvalue weighted by Crippen LogP contribution is 2.17. The van der Waals surface area contributed by atoms with Crippen molar-refractivity contribution in [2.75, 3.05) is 13.1 Å². The molecule has 1 amide bonds. The van der Waals surface area contributed by atoms with Crippen LogP contribution in [0.1, 0.15) is 48.2 Å². The monoisotopic (exact) mass is 392 g/mol. The van der Waals surface area contributed by atoms with Gasteiger partial charge in [0.25, 0.3) is 5.91 Å². The second kappa shape index (κ2) is 9.13. The fraction of sp³-hybridized carbons (Fsp3) is 0.375. The standard InChI is InChI=1S/C24H28N2O3/c1-24(2,29)12-9-18-5-3-7-20(15-18)23(28)25-21-10-13-26(14-11-21)17-19-6-4-8-22(27)16-19/h3-8,15-16,21,27,29H,10-11,13-14,17H2,1-2H3,(H,25,28). The van der Waals surface area contributed by atoms with Crippen LogP contribution in [-0.2, 0) is 6.54 Å². The number of phenols is 1. The molecule has 1 fully saturated rings. The van der Waals surface area contributed by atoms with Crippen molar-refractivity contribution in [3.63, 3.8) is 0 Å². The van der Waals surface area contributed by atoms with E-state index in [1.165, 1.54) is 0 Å². The quantitative estimate of drug-likeness (QED) is 0.700. The molecular formula is C24H28N2O3. The van der Waals surface area contributed by atoms with E-state index < -0.39 is 5.60 Å². The molecule has 29 heavy (non-hydrogen) atoms. The van der Waals surface area contributed by atoms with Crippen LogP contribution in [0.4, 0.5) is 0 Å². The molecule has 1 saturated heterocycles. The molecule has 5 nitrogen and oxygen atoms in total. The molecule has 0 aromatic heterocycles. The average molecular weight is 392 g/mol. The SMILES string of the molecule is CC(C)(O)C#Cc1cccc(C(=O)NC2CCN(Cc3cccc(O)c3)CC2)c1. The Balaban J connectivity index is 1.52. The van der Waals surface area contributed by atoms with E-state index in [0.29, 0.717) is 16.9 Å². The summed E-state index contributed by atoms with van der Waals surface area (Å²) in [6, 6.07) is 14.7. The largest absolute Gasteiger partial charge is 0.508 e. The molecule has 0 saturated carbocycles. The predicted octanol–water partition coefficient (Wildman–Crippen LogP) is 2.91. The Labute approximate surface area is 172 Å². The van der Waals surface area contributed by atoms with Crippen molar-refractivity contribution < 1.29 is 15.0 Å². The van der Waals surface area contributed by atoms with Crippen LogP contribution < -0.4 is 5.32 Å². The zero-order chi connectivity index (χ0) is 20.9. The minimum atomic E-state index is -1.06. The van der Waals surface area contributed by atoms with Crippen molar-refractivity contribution in [1.82, 2.24) is 10.2 Å². The first-order chi connectivity index (χ1) is 13.8. The zero-order valence-corrected chi connectivity index (χ0v) is 17.0. The minimum Gasteiger partial charge on any atom is -0.508 e. The number of piperidine rings is 1. The molecule has 0 unspecified atom stereocenters. The van der Waals surface area contributed by atoms with Gasteiger partial charge in [0.1, 0.15) is 11.4 Å². The van der Waals surface area contributed by atoms with Crippen LogP contribution >= 0.6 is 0 Å². The lowest BCUT2D eigenvalue weighted by atomic mass is 10.0. The lowest BCUT2D eigenvalue weighted by Gasteiger charge is -2.32. The Hall–Kier alpha value is -2.81. The molecule has 1 heterocycles.